The van der Waals surface area contributed by atoms with Crippen LogP contribution in [0.25, 0.3) is 11.8 Å². The molecule has 0 spiro atoms. The van der Waals surface area contributed by atoms with Gasteiger partial charge in [-0.25, -0.2) is 0 Å². The number of hydrogen-bond donors (Lipinski definition) is 1. The van der Waals surface area contributed by atoms with Crippen molar-refractivity contribution in [2.24, 2.45) is 0 Å². The Kier molecular flexibility index (Phi) is 4.08. The Balaban J connectivity index is 1.81. The van der Waals surface area contributed by atoms with E-state index >= 15 is 0 Å². The number of halogens is 2. The van der Waals surface area contributed by atoms with Gasteiger partial charge in [-0.05, 0) is 35.5 Å². The molecule has 1 aromatic carbocycles. The van der Waals surface area contributed by atoms with E-state index in [1.54, 1.807) is 36.5 Å². The van der Waals surface area contributed by atoms with Crippen molar-refractivity contribution in [1.82, 2.24) is 25.4 Å². The average molecular weight is 337 g/mol. The minimum absolute atomic E-state index is 0.431. The molecule has 3 aromatic rings. The summed E-state index contributed by atoms with van der Waals surface area (Å²) in [6.45, 7) is 1.81. The molecule has 2 aromatic heterocycles. The second kappa shape index (κ2) is 6.17. The highest BCUT2D eigenvalue weighted by Gasteiger charge is 2.07. The van der Waals surface area contributed by atoms with Gasteiger partial charge in [0.2, 0.25) is 0 Å². The number of hydrogen-bond acceptors (Lipinski definition) is 6. The highest BCUT2D eigenvalue weighted by Crippen LogP contribution is 2.24. The molecule has 0 fully saturated rings. The first-order valence-corrected chi connectivity index (χ1v) is 6.99. The maximum atomic E-state index is 6.01. The molecule has 0 saturated heterocycles. The largest absolute Gasteiger partial charge is 0.360 e. The quantitative estimate of drug-likeness (QED) is 0.786. The van der Waals surface area contributed by atoms with Crippen LogP contribution in [0, 0.1) is 6.92 Å². The van der Waals surface area contributed by atoms with Gasteiger partial charge in [0.1, 0.15) is 5.76 Å². The van der Waals surface area contributed by atoms with Crippen molar-refractivity contribution in [2.75, 3.05) is 5.32 Å². The zero-order valence-electron chi connectivity index (χ0n) is 11.4. The van der Waals surface area contributed by atoms with Crippen molar-refractivity contribution in [2.45, 2.75) is 6.92 Å². The number of benzene rings is 1. The number of nitrogens with one attached hydrogen (secondary N) is 1. The summed E-state index contributed by atoms with van der Waals surface area (Å²) in [5.74, 6) is 1.84. The Morgan fingerprint density at radius 2 is 2.09 bits per heavy atom. The van der Waals surface area contributed by atoms with E-state index in [-0.39, 0.29) is 0 Å². The molecule has 0 aliphatic heterocycles. The van der Waals surface area contributed by atoms with Crippen molar-refractivity contribution in [1.29, 1.82) is 0 Å². The highest BCUT2D eigenvalue weighted by atomic mass is 35.5. The first-order valence-electron chi connectivity index (χ1n) is 6.24. The lowest BCUT2D eigenvalue weighted by molar-refractivity contribution is 0.400. The summed E-state index contributed by atoms with van der Waals surface area (Å²) < 4.78 is 6.49. The molecule has 7 nitrogen and oxygen atoms in total. The van der Waals surface area contributed by atoms with E-state index in [4.69, 9.17) is 27.7 Å². The maximum absolute atomic E-state index is 6.01. The van der Waals surface area contributed by atoms with Gasteiger partial charge in [0.25, 0.3) is 0 Å². The molecule has 1 N–H and O–H groups in total. The number of nitrogens with zero attached hydrogens (tertiary/aromatic N) is 5. The third kappa shape index (κ3) is 3.10. The lowest BCUT2D eigenvalue weighted by Crippen LogP contribution is -2.00. The van der Waals surface area contributed by atoms with E-state index in [9.17, 15) is 0 Å². The van der Waals surface area contributed by atoms with E-state index < -0.39 is 0 Å². The molecule has 0 amide bonds. The first kappa shape index (κ1) is 14.6. The number of aromatic nitrogens is 5. The molecule has 0 aliphatic rings. The van der Waals surface area contributed by atoms with E-state index in [2.05, 4.69) is 26.0 Å². The van der Waals surface area contributed by atoms with Crippen molar-refractivity contribution in [3.8, 4) is 5.69 Å². The van der Waals surface area contributed by atoms with Crippen LogP contribution in [0.1, 0.15) is 11.6 Å². The van der Waals surface area contributed by atoms with Crippen molar-refractivity contribution in [3.63, 3.8) is 0 Å². The summed E-state index contributed by atoms with van der Waals surface area (Å²) in [6.07, 6.45) is 3.36. The zero-order valence-corrected chi connectivity index (χ0v) is 12.9. The van der Waals surface area contributed by atoms with E-state index in [1.807, 2.05) is 6.92 Å². The minimum atomic E-state index is 0.431. The van der Waals surface area contributed by atoms with E-state index in [0.29, 0.717) is 27.4 Å². The third-order valence-corrected chi connectivity index (χ3v) is 3.47. The molecule has 9 heteroatoms. The van der Waals surface area contributed by atoms with Crippen LogP contribution < -0.4 is 5.32 Å². The Hall–Kier alpha value is -2.38. The Morgan fingerprint density at radius 1 is 1.23 bits per heavy atom. The summed E-state index contributed by atoms with van der Waals surface area (Å²) in [5.41, 5.74) is 0.705. The molecule has 3 rings (SSSR count). The van der Waals surface area contributed by atoms with E-state index in [1.165, 1.54) is 4.68 Å². The van der Waals surface area contributed by atoms with Crippen LogP contribution in [-0.4, -0.2) is 25.4 Å². The molecule has 0 bridgehead atoms. The fourth-order valence-corrected chi connectivity index (χ4v) is 2.03. The molecular weight excluding hydrogens is 327 g/mol. The molecule has 0 atom stereocenters. The number of anilines is 1. The van der Waals surface area contributed by atoms with Crippen LogP contribution >= 0.6 is 23.2 Å². The Bertz CT molecular complexity index is 826. The van der Waals surface area contributed by atoms with Crippen LogP contribution in [0.2, 0.25) is 10.0 Å². The predicted octanol–water partition coefficient (Wildman–Crippen LogP) is 3.35. The van der Waals surface area contributed by atoms with Crippen LogP contribution in [0.5, 0.6) is 0 Å². The topological polar surface area (TPSA) is 81.7 Å². The summed E-state index contributed by atoms with van der Waals surface area (Å²) in [4.78, 5) is 0. The summed E-state index contributed by atoms with van der Waals surface area (Å²) in [7, 11) is 0. The predicted molar refractivity (Wildman–Crippen MR) is 83.1 cm³/mol. The first-order chi connectivity index (χ1) is 10.6. The lowest BCUT2D eigenvalue weighted by atomic mass is 10.3. The smallest absolute Gasteiger partial charge is 0.181 e. The molecule has 0 radical (unpaired) electrons. The molecule has 112 valence electrons. The summed E-state index contributed by atoms with van der Waals surface area (Å²) >= 11 is 11.9. The summed E-state index contributed by atoms with van der Waals surface area (Å²) in [6, 6.07) is 6.92. The standard InChI is InChI=1S/C13H10Cl2N6O/c1-8-6-12(18-22-8)16-5-4-13-17-19-20-21(13)9-2-3-10(14)11(15)7-9/h2-7H,1H3,(H,16,18). The van der Waals surface area contributed by atoms with Crippen molar-refractivity contribution < 1.29 is 4.52 Å². The highest BCUT2D eigenvalue weighted by molar-refractivity contribution is 6.42. The molecule has 0 unspecified atom stereocenters. The van der Waals surface area contributed by atoms with Crippen LogP contribution in [-0.2, 0) is 0 Å². The van der Waals surface area contributed by atoms with Gasteiger partial charge >= 0.3 is 0 Å². The number of aryl methyl sites for hydroxylation is 1. The molecule has 22 heavy (non-hydrogen) atoms. The van der Waals surface area contributed by atoms with Gasteiger partial charge < -0.3 is 9.84 Å². The van der Waals surface area contributed by atoms with Gasteiger partial charge in [-0.15, -0.1) is 5.10 Å². The second-order valence-corrected chi connectivity index (χ2v) is 5.16. The van der Waals surface area contributed by atoms with Gasteiger partial charge in [0.15, 0.2) is 11.6 Å². The Morgan fingerprint density at radius 3 is 2.82 bits per heavy atom. The fourth-order valence-electron chi connectivity index (χ4n) is 1.73. The van der Waals surface area contributed by atoms with Crippen molar-refractivity contribution in [3.05, 3.63) is 52.1 Å². The van der Waals surface area contributed by atoms with Crippen molar-refractivity contribution >= 4 is 35.1 Å². The van der Waals surface area contributed by atoms with E-state index in [0.717, 1.165) is 5.76 Å². The number of tetrazole rings is 1. The van der Waals surface area contributed by atoms with Gasteiger partial charge in [0, 0.05) is 18.3 Å². The van der Waals surface area contributed by atoms with Gasteiger partial charge in [0.05, 0.1) is 15.7 Å². The minimum Gasteiger partial charge on any atom is -0.360 e. The Labute approximate surface area is 135 Å². The second-order valence-electron chi connectivity index (χ2n) is 4.35. The molecule has 2 heterocycles. The molecule has 0 aliphatic carbocycles. The van der Waals surface area contributed by atoms with Crippen LogP contribution in [0.3, 0.4) is 0 Å². The lowest BCUT2D eigenvalue weighted by Gasteiger charge is -2.03. The van der Waals surface area contributed by atoms with Gasteiger partial charge in [-0.2, -0.15) is 4.68 Å². The monoisotopic (exact) mass is 336 g/mol. The third-order valence-electron chi connectivity index (χ3n) is 2.73. The SMILES string of the molecule is Cc1cc(NC=Cc2nnnn2-c2ccc(Cl)c(Cl)c2)no1. The summed E-state index contributed by atoms with van der Waals surface area (Å²) in [5, 5.41) is 19.2. The fraction of sp³-hybridized carbons (Fsp3) is 0.0769. The molecular formula is C13H10Cl2N6O. The van der Waals surface area contributed by atoms with Gasteiger partial charge in [-0.1, -0.05) is 28.4 Å². The maximum Gasteiger partial charge on any atom is 0.181 e. The molecule has 0 saturated carbocycles. The van der Waals surface area contributed by atoms with Gasteiger partial charge in [-0.3, -0.25) is 0 Å². The average Bonchev–Trinajstić information content (AvgIpc) is 3.11. The number of rotatable bonds is 4. The van der Waals surface area contributed by atoms with Crippen LogP contribution in [0.4, 0.5) is 5.82 Å². The van der Waals surface area contributed by atoms with Crippen LogP contribution in [0.15, 0.2) is 35.0 Å². The zero-order chi connectivity index (χ0) is 15.5. The normalized spacial score (nSPS) is 11.2.